The Hall–Kier alpha value is -1.20. The molecule has 2 heterocycles. The van der Waals surface area contributed by atoms with Crippen LogP contribution in [-0.4, -0.2) is 59.4 Å². The predicted octanol–water partition coefficient (Wildman–Crippen LogP) is 1.54. The standard InChI is InChI=1S/C13H19ClN4O/c1-17-5-3-10(4-6-17)9-18(2)13(19)11-7-16-12(14)8-15-11/h7-8,10H,3-6,9H2,1-2H3. The summed E-state index contributed by atoms with van der Waals surface area (Å²) in [5, 5.41) is 0.300. The van der Waals surface area contributed by atoms with Crippen molar-refractivity contribution < 1.29 is 4.79 Å². The molecule has 1 fully saturated rings. The van der Waals surface area contributed by atoms with Crippen LogP contribution in [0.25, 0.3) is 0 Å². The maximum atomic E-state index is 12.2. The minimum atomic E-state index is -0.0944. The molecule has 1 amide bonds. The molecule has 2 rings (SSSR count). The van der Waals surface area contributed by atoms with Gasteiger partial charge in [-0.2, -0.15) is 0 Å². The van der Waals surface area contributed by atoms with Crippen molar-refractivity contribution in [3.8, 4) is 0 Å². The molecule has 1 aliphatic heterocycles. The summed E-state index contributed by atoms with van der Waals surface area (Å²) in [6.45, 7) is 2.98. The largest absolute Gasteiger partial charge is 0.340 e. The van der Waals surface area contributed by atoms with E-state index in [0.717, 1.165) is 32.5 Å². The van der Waals surface area contributed by atoms with Crippen LogP contribution in [0.1, 0.15) is 23.3 Å². The maximum Gasteiger partial charge on any atom is 0.273 e. The summed E-state index contributed by atoms with van der Waals surface area (Å²) >= 11 is 5.66. The minimum Gasteiger partial charge on any atom is -0.340 e. The molecule has 1 saturated heterocycles. The van der Waals surface area contributed by atoms with Crippen molar-refractivity contribution in [3.05, 3.63) is 23.2 Å². The van der Waals surface area contributed by atoms with E-state index in [2.05, 4.69) is 21.9 Å². The van der Waals surface area contributed by atoms with Gasteiger partial charge >= 0.3 is 0 Å². The third-order valence-corrected chi connectivity index (χ3v) is 3.75. The van der Waals surface area contributed by atoms with Crippen LogP contribution in [0.3, 0.4) is 0 Å². The molecule has 0 saturated carbocycles. The number of aromatic nitrogens is 2. The lowest BCUT2D eigenvalue weighted by Gasteiger charge is -2.31. The van der Waals surface area contributed by atoms with Gasteiger partial charge in [0.2, 0.25) is 0 Å². The molecule has 1 aliphatic rings. The quantitative estimate of drug-likeness (QED) is 0.844. The molecule has 1 aromatic rings. The lowest BCUT2D eigenvalue weighted by Crippen LogP contribution is -2.38. The van der Waals surface area contributed by atoms with Crippen LogP contribution in [0, 0.1) is 5.92 Å². The van der Waals surface area contributed by atoms with Gasteiger partial charge in [0.15, 0.2) is 0 Å². The number of rotatable bonds is 3. The number of piperidine rings is 1. The second-order valence-electron chi connectivity index (χ2n) is 5.16. The van der Waals surface area contributed by atoms with E-state index in [4.69, 9.17) is 11.6 Å². The number of hydrogen-bond acceptors (Lipinski definition) is 4. The fourth-order valence-electron chi connectivity index (χ4n) is 2.33. The molecule has 0 atom stereocenters. The normalized spacial score (nSPS) is 17.4. The molecule has 19 heavy (non-hydrogen) atoms. The maximum absolute atomic E-state index is 12.2. The van der Waals surface area contributed by atoms with Gasteiger partial charge in [-0.1, -0.05) is 11.6 Å². The molecule has 104 valence electrons. The van der Waals surface area contributed by atoms with E-state index in [1.54, 1.807) is 4.90 Å². The van der Waals surface area contributed by atoms with Crippen LogP contribution in [0.4, 0.5) is 0 Å². The van der Waals surface area contributed by atoms with E-state index in [1.807, 2.05) is 7.05 Å². The number of likely N-dealkylation sites (tertiary alicyclic amines) is 1. The predicted molar refractivity (Wildman–Crippen MR) is 74.2 cm³/mol. The first-order valence-corrected chi connectivity index (χ1v) is 6.85. The lowest BCUT2D eigenvalue weighted by atomic mass is 9.96. The number of nitrogens with zero attached hydrogens (tertiary/aromatic N) is 4. The van der Waals surface area contributed by atoms with Gasteiger partial charge in [0, 0.05) is 13.6 Å². The van der Waals surface area contributed by atoms with Gasteiger partial charge in [-0.05, 0) is 38.9 Å². The zero-order valence-corrected chi connectivity index (χ0v) is 12.1. The Morgan fingerprint density at radius 2 is 2.11 bits per heavy atom. The average Bonchev–Trinajstić information content (AvgIpc) is 2.41. The number of halogens is 1. The van der Waals surface area contributed by atoms with Crippen LogP contribution in [0.15, 0.2) is 12.4 Å². The van der Waals surface area contributed by atoms with Gasteiger partial charge < -0.3 is 9.80 Å². The Morgan fingerprint density at radius 3 is 2.68 bits per heavy atom. The van der Waals surface area contributed by atoms with Gasteiger partial charge in [0.1, 0.15) is 10.8 Å². The highest BCUT2D eigenvalue weighted by atomic mass is 35.5. The number of carbonyl (C=O) groups is 1. The highest BCUT2D eigenvalue weighted by Crippen LogP contribution is 2.17. The first kappa shape index (κ1) is 14.2. The van der Waals surface area contributed by atoms with Gasteiger partial charge in [-0.3, -0.25) is 4.79 Å². The molecule has 0 spiro atoms. The minimum absolute atomic E-state index is 0.0944. The Balaban J connectivity index is 1.90. The molecule has 5 nitrogen and oxygen atoms in total. The number of hydrogen-bond donors (Lipinski definition) is 0. The molecular weight excluding hydrogens is 264 g/mol. The molecule has 0 unspecified atom stereocenters. The van der Waals surface area contributed by atoms with Gasteiger partial charge in [0.05, 0.1) is 12.4 Å². The summed E-state index contributed by atoms with van der Waals surface area (Å²) in [4.78, 5) is 24.1. The summed E-state index contributed by atoms with van der Waals surface area (Å²) in [5.74, 6) is 0.480. The zero-order valence-electron chi connectivity index (χ0n) is 11.3. The molecular formula is C13H19ClN4O. The number of carbonyl (C=O) groups excluding carboxylic acids is 1. The van der Waals surface area contributed by atoms with E-state index in [-0.39, 0.29) is 5.91 Å². The van der Waals surface area contributed by atoms with Crippen LogP contribution in [0.5, 0.6) is 0 Å². The Labute approximate surface area is 118 Å². The van der Waals surface area contributed by atoms with Crippen LogP contribution in [0.2, 0.25) is 5.15 Å². The van der Waals surface area contributed by atoms with Crippen LogP contribution >= 0.6 is 11.6 Å². The SMILES string of the molecule is CN1CCC(CN(C)C(=O)c2cnc(Cl)cn2)CC1. The highest BCUT2D eigenvalue weighted by molar-refractivity contribution is 6.29. The van der Waals surface area contributed by atoms with Gasteiger partial charge in [0.25, 0.3) is 5.91 Å². The summed E-state index contributed by atoms with van der Waals surface area (Å²) in [6, 6.07) is 0. The van der Waals surface area contributed by atoms with Crippen molar-refractivity contribution in [2.24, 2.45) is 5.92 Å². The molecule has 1 aromatic heterocycles. The topological polar surface area (TPSA) is 49.3 Å². The van der Waals surface area contributed by atoms with Crippen LogP contribution < -0.4 is 0 Å². The average molecular weight is 283 g/mol. The first-order chi connectivity index (χ1) is 9.06. The van der Waals surface area contributed by atoms with E-state index in [9.17, 15) is 4.79 Å². The van der Waals surface area contributed by atoms with E-state index >= 15 is 0 Å². The molecule has 0 aromatic carbocycles. The van der Waals surface area contributed by atoms with Crippen molar-refractivity contribution in [2.75, 3.05) is 33.7 Å². The van der Waals surface area contributed by atoms with Gasteiger partial charge in [-0.25, -0.2) is 9.97 Å². The van der Waals surface area contributed by atoms with E-state index in [1.165, 1.54) is 12.4 Å². The smallest absolute Gasteiger partial charge is 0.273 e. The van der Waals surface area contributed by atoms with Crippen LogP contribution in [-0.2, 0) is 0 Å². The van der Waals surface area contributed by atoms with Crippen molar-refractivity contribution in [1.82, 2.24) is 19.8 Å². The molecule has 0 N–H and O–H groups in total. The zero-order chi connectivity index (χ0) is 13.8. The fraction of sp³-hybridized carbons (Fsp3) is 0.615. The Bertz CT molecular complexity index is 429. The summed E-state index contributed by atoms with van der Waals surface area (Å²) < 4.78 is 0. The lowest BCUT2D eigenvalue weighted by molar-refractivity contribution is 0.0741. The Morgan fingerprint density at radius 1 is 1.42 bits per heavy atom. The highest BCUT2D eigenvalue weighted by Gasteiger charge is 2.21. The summed E-state index contributed by atoms with van der Waals surface area (Å²) in [6.07, 6.45) is 5.11. The Kier molecular flexibility index (Phi) is 4.71. The first-order valence-electron chi connectivity index (χ1n) is 6.48. The monoisotopic (exact) mass is 282 g/mol. The fourth-order valence-corrected chi connectivity index (χ4v) is 2.43. The molecule has 0 bridgehead atoms. The van der Waals surface area contributed by atoms with E-state index < -0.39 is 0 Å². The second kappa shape index (κ2) is 6.30. The number of amides is 1. The van der Waals surface area contributed by atoms with Crippen molar-refractivity contribution in [3.63, 3.8) is 0 Å². The van der Waals surface area contributed by atoms with Gasteiger partial charge in [-0.15, -0.1) is 0 Å². The second-order valence-corrected chi connectivity index (χ2v) is 5.54. The summed E-state index contributed by atoms with van der Waals surface area (Å²) in [7, 11) is 3.95. The van der Waals surface area contributed by atoms with Crippen molar-refractivity contribution in [2.45, 2.75) is 12.8 Å². The third kappa shape index (κ3) is 3.88. The molecule has 6 heteroatoms. The van der Waals surface area contributed by atoms with Crippen molar-refractivity contribution in [1.29, 1.82) is 0 Å². The molecule has 0 radical (unpaired) electrons. The third-order valence-electron chi connectivity index (χ3n) is 3.56. The summed E-state index contributed by atoms with van der Waals surface area (Å²) in [5.41, 5.74) is 0.347. The van der Waals surface area contributed by atoms with E-state index in [0.29, 0.717) is 16.8 Å². The van der Waals surface area contributed by atoms with Crippen molar-refractivity contribution >= 4 is 17.5 Å². The molecule has 0 aliphatic carbocycles.